The molecule has 8 nitrogen and oxygen atoms in total. The number of hydrogen-bond acceptors (Lipinski definition) is 7. The van der Waals surface area contributed by atoms with Crippen LogP contribution in [0.4, 0.5) is 5.82 Å². The second-order valence-corrected chi connectivity index (χ2v) is 9.00. The summed E-state index contributed by atoms with van der Waals surface area (Å²) < 4.78 is 13.4. The summed E-state index contributed by atoms with van der Waals surface area (Å²) in [5, 5.41) is 5.27. The smallest absolute Gasteiger partial charge is 0.320 e. The number of rotatable bonds is 7. The van der Waals surface area contributed by atoms with Crippen LogP contribution < -0.4 is 10.5 Å². The van der Waals surface area contributed by atoms with E-state index >= 15 is 0 Å². The van der Waals surface area contributed by atoms with Crippen LogP contribution in [0.3, 0.4) is 0 Å². The molecule has 32 heavy (non-hydrogen) atoms. The standard InChI is InChI=1S/C24H32N6O2/c1-17(20-8-12-31-13-9-20)32-24-27-22(25)21-14-26-30(23(21)28-24)16-19-6-4-18(5-7-19)15-29-10-2-3-11-29/h4-7,14,17,20H,2-3,8-13,15-16H2,1H3,(H2,25,27,28)/t17-/m0/s1. The van der Waals surface area contributed by atoms with E-state index in [0.29, 0.717) is 29.9 Å². The highest BCUT2D eigenvalue weighted by Gasteiger charge is 2.23. The number of benzene rings is 1. The number of nitrogens with zero attached hydrogens (tertiary/aromatic N) is 5. The van der Waals surface area contributed by atoms with Crippen LogP contribution in [0.2, 0.25) is 0 Å². The van der Waals surface area contributed by atoms with Crippen molar-refractivity contribution >= 4 is 16.9 Å². The molecule has 0 unspecified atom stereocenters. The van der Waals surface area contributed by atoms with Gasteiger partial charge in [0.2, 0.25) is 0 Å². The number of anilines is 1. The topological polar surface area (TPSA) is 91.3 Å². The number of fused-ring (bicyclic) bond motifs is 1. The first-order valence-electron chi connectivity index (χ1n) is 11.7. The zero-order valence-corrected chi connectivity index (χ0v) is 18.7. The van der Waals surface area contributed by atoms with Gasteiger partial charge in [0.1, 0.15) is 11.9 Å². The number of hydrogen-bond donors (Lipinski definition) is 1. The Balaban J connectivity index is 1.30. The Kier molecular flexibility index (Phi) is 6.23. The molecule has 8 heteroatoms. The van der Waals surface area contributed by atoms with Gasteiger partial charge >= 0.3 is 6.01 Å². The van der Waals surface area contributed by atoms with Crippen LogP contribution in [-0.2, 0) is 17.8 Å². The number of nitrogen functional groups attached to an aromatic ring is 1. The fourth-order valence-electron chi connectivity index (χ4n) is 4.69. The van der Waals surface area contributed by atoms with Crippen LogP contribution >= 0.6 is 0 Å². The highest BCUT2D eigenvalue weighted by atomic mass is 16.5. The normalized spacial score (nSPS) is 18.9. The average molecular weight is 437 g/mol. The number of likely N-dealkylation sites (tertiary alicyclic amines) is 1. The van der Waals surface area contributed by atoms with E-state index in [0.717, 1.165) is 38.0 Å². The van der Waals surface area contributed by atoms with Crippen molar-refractivity contribution in [3.63, 3.8) is 0 Å². The average Bonchev–Trinajstić information content (AvgIpc) is 3.46. The lowest BCUT2D eigenvalue weighted by Crippen LogP contribution is -2.30. The fourth-order valence-corrected chi connectivity index (χ4v) is 4.69. The molecule has 0 spiro atoms. The first-order valence-corrected chi connectivity index (χ1v) is 11.7. The highest BCUT2D eigenvalue weighted by Crippen LogP contribution is 2.25. The van der Waals surface area contributed by atoms with Gasteiger partial charge in [-0.1, -0.05) is 24.3 Å². The van der Waals surface area contributed by atoms with Crippen molar-refractivity contribution in [2.75, 3.05) is 32.0 Å². The van der Waals surface area contributed by atoms with Crippen molar-refractivity contribution in [3.05, 3.63) is 41.6 Å². The Morgan fingerprint density at radius 3 is 2.47 bits per heavy atom. The van der Waals surface area contributed by atoms with Gasteiger partial charge in [0.25, 0.3) is 0 Å². The minimum Gasteiger partial charge on any atom is -0.460 e. The summed E-state index contributed by atoms with van der Waals surface area (Å²) in [6.07, 6.45) is 6.35. The predicted octanol–water partition coefficient (Wildman–Crippen LogP) is 3.25. The lowest BCUT2D eigenvalue weighted by Gasteiger charge is -2.27. The van der Waals surface area contributed by atoms with Crippen molar-refractivity contribution in [1.29, 1.82) is 0 Å². The third kappa shape index (κ3) is 4.71. The van der Waals surface area contributed by atoms with Crippen molar-refractivity contribution in [3.8, 4) is 6.01 Å². The Hall–Kier alpha value is -2.71. The summed E-state index contributed by atoms with van der Waals surface area (Å²) in [4.78, 5) is 11.5. The minimum atomic E-state index is 0.00951. The lowest BCUT2D eigenvalue weighted by molar-refractivity contribution is 0.0212. The third-order valence-electron chi connectivity index (χ3n) is 6.69. The van der Waals surface area contributed by atoms with E-state index in [1.807, 2.05) is 4.68 Å². The molecule has 1 aromatic carbocycles. The maximum atomic E-state index is 6.21. The first-order chi connectivity index (χ1) is 15.7. The van der Waals surface area contributed by atoms with Gasteiger partial charge in [-0.05, 0) is 56.8 Å². The lowest BCUT2D eigenvalue weighted by atomic mass is 9.95. The third-order valence-corrected chi connectivity index (χ3v) is 6.69. The van der Waals surface area contributed by atoms with Crippen LogP contribution in [0, 0.1) is 5.92 Å². The summed E-state index contributed by atoms with van der Waals surface area (Å²) in [5.74, 6) is 0.838. The van der Waals surface area contributed by atoms with Gasteiger partial charge in [0.15, 0.2) is 5.65 Å². The predicted molar refractivity (Wildman–Crippen MR) is 123 cm³/mol. The maximum absolute atomic E-state index is 6.21. The Bertz CT molecular complexity index is 1040. The van der Waals surface area contributed by atoms with E-state index in [1.165, 1.54) is 37.1 Å². The van der Waals surface area contributed by atoms with Gasteiger partial charge < -0.3 is 15.2 Å². The second kappa shape index (κ2) is 9.42. The van der Waals surface area contributed by atoms with Crippen molar-refractivity contribution in [2.24, 2.45) is 5.92 Å². The van der Waals surface area contributed by atoms with Gasteiger partial charge in [-0.25, -0.2) is 4.68 Å². The molecule has 2 fully saturated rings. The summed E-state index contributed by atoms with van der Waals surface area (Å²) in [6.45, 7) is 7.70. The van der Waals surface area contributed by atoms with E-state index in [1.54, 1.807) is 6.20 Å². The summed E-state index contributed by atoms with van der Waals surface area (Å²) >= 11 is 0. The van der Waals surface area contributed by atoms with Crippen LogP contribution in [0.5, 0.6) is 6.01 Å². The van der Waals surface area contributed by atoms with Crippen LogP contribution in [-0.4, -0.2) is 57.1 Å². The van der Waals surface area contributed by atoms with E-state index in [-0.39, 0.29) is 6.10 Å². The van der Waals surface area contributed by atoms with E-state index in [4.69, 9.17) is 15.2 Å². The molecule has 2 N–H and O–H groups in total. The zero-order valence-electron chi connectivity index (χ0n) is 18.7. The monoisotopic (exact) mass is 436 g/mol. The van der Waals surface area contributed by atoms with Crippen LogP contribution in [0.1, 0.15) is 43.7 Å². The molecule has 170 valence electrons. The molecule has 4 heterocycles. The number of nitrogens with two attached hydrogens (primary N) is 1. The van der Waals surface area contributed by atoms with E-state index in [2.05, 4.69) is 51.2 Å². The van der Waals surface area contributed by atoms with Gasteiger partial charge in [0.05, 0.1) is 18.1 Å². The van der Waals surface area contributed by atoms with Gasteiger partial charge in [-0.2, -0.15) is 15.1 Å². The Labute approximate surface area is 188 Å². The fraction of sp³-hybridized carbons (Fsp3) is 0.542. The van der Waals surface area contributed by atoms with Crippen LogP contribution in [0.15, 0.2) is 30.5 Å². The van der Waals surface area contributed by atoms with Gasteiger partial charge in [-0.15, -0.1) is 0 Å². The highest BCUT2D eigenvalue weighted by molar-refractivity contribution is 5.85. The second-order valence-electron chi connectivity index (χ2n) is 9.00. The molecular formula is C24H32N6O2. The molecule has 0 amide bonds. The first kappa shape index (κ1) is 21.2. The SMILES string of the molecule is C[C@H](Oc1nc(N)c2cnn(Cc3ccc(CN4CCCC4)cc3)c2n1)C1CCOCC1. The van der Waals surface area contributed by atoms with Gasteiger partial charge in [-0.3, -0.25) is 4.90 Å². The quantitative estimate of drug-likeness (QED) is 0.608. The molecule has 2 aliphatic heterocycles. The maximum Gasteiger partial charge on any atom is 0.320 e. The molecule has 0 bridgehead atoms. The summed E-state index contributed by atoms with van der Waals surface area (Å²) in [7, 11) is 0. The molecule has 0 aliphatic carbocycles. The number of aromatic nitrogens is 4. The minimum absolute atomic E-state index is 0.00951. The van der Waals surface area contributed by atoms with Crippen LogP contribution in [0.25, 0.3) is 11.0 Å². The molecule has 0 radical (unpaired) electrons. The van der Waals surface area contributed by atoms with Gasteiger partial charge in [0, 0.05) is 25.7 Å². The molecule has 0 saturated carbocycles. The van der Waals surface area contributed by atoms with E-state index in [9.17, 15) is 0 Å². The van der Waals surface area contributed by atoms with Crippen molar-refractivity contribution in [2.45, 2.75) is 51.8 Å². The molecule has 5 rings (SSSR count). The molecule has 2 aliphatic rings. The Morgan fingerprint density at radius 2 is 1.75 bits per heavy atom. The molecular weight excluding hydrogens is 404 g/mol. The van der Waals surface area contributed by atoms with Crippen molar-refractivity contribution < 1.29 is 9.47 Å². The molecule has 3 aromatic rings. The molecule has 2 saturated heterocycles. The Morgan fingerprint density at radius 1 is 1.06 bits per heavy atom. The summed E-state index contributed by atoms with van der Waals surface area (Å²) in [6, 6.07) is 9.10. The largest absolute Gasteiger partial charge is 0.460 e. The molecule has 2 aromatic heterocycles. The number of ether oxygens (including phenoxy) is 2. The zero-order chi connectivity index (χ0) is 21.9. The summed E-state index contributed by atoms with van der Waals surface area (Å²) in [5.41, 5.74) is 9.44. The van der Waals surface area contributed by atoms with Crippen molar-refractivity contribution in [1.82, 2.24) is 24.6 Å². The molecule has 1 atom stereocenters. The van der Waals surface area contributed by atoms with E-state index < -0.39 is 0 Å².